The van der Waals surface area contributed by atoms with Crippen molar-refractivity contribution in [3.05, 3.63) is 53.2 Å². The molecule has 0 aliphatic carbocycles. The number of rotatable bonds is 6. The first-order valence-electron chi connectivity index (χ1n) is 12.9. The van der Waals surface area contributed by atoms with Crippen molar-refractivity contribution in [1.29, 1.82) is 0 Å². The predicted octanol–water partition coefficient (Wildman–Crippen LogP) is 3.82. The molecule has 4 rings (SSSR count). The molecular formula is C28H35F2N5O3. The van der Waals surface area contributed by atoms with Gasteiger partial charge in [-0.05, 0) is 43.3 Å². The number of nitrogens with zero attached hydrogens (tertiary/aromatic N) is 2. The molecule has 0 radical (unpaired) electrons. The van der Waals surface area contributed by atoms with Crippen molar-refractivity contribution in [1.82, 2.24) is 20.1 Å². The van der Waals surface area contributed by atoms with Gasteiger partial charge in [-0.2, -0.15) is 0 Å². The summed E-state index contributed by atoms with van der Waals surface area (Å²) in [5, 5.41) is 8.97. The molecule has 1 aromatic heterocycles. The second kappa shape index (κ2) is 10.6. The van der Waals surface area contributed by atoms with Crippen LogP contribution in [0.15, 0.2) is 42.1 Å². The maximum absolute atomic E-state index is 13.5. The lowest BCUT2D eigenvalue weighted by atomic mass is 9.96. The fraction of sp³-hybridized carbons (Fsp3) is 0.464. The van der Waals surface area contributed by atoms with Crippen LogP contribution in [0.4, 0.5) is 14.6 Å². The van der Waals surface area contributed by atoms with Gasteiger partial charge in [0, 0.05) is 73.0 Å². The summed E-state index contributed by atoms with van der Waals surface area (Å²) in [7, 11) is 0. The normalized spacial score (nSPS) is 18.6. The number of anilines is 1. The molecule has 2 aromatic rings. The van der Waals surface area contributed by atoms with Crippen LogP contribution in [0.3, 0.4) is 0 Å². The average Bonchev–Trinajstić information content (AvgIpc) is 3.27. The molecule has 3 N–H and O–H groups in total. The van der Waals surface area contributed by atoms with Gasteiger partial charge in [0.15, 0.2) is 0 Å². The highest BCUT2D eigenvalue weighted by atomic mass is 19.3. The first-order chi connectivity index (χ1) is 17.9. The van der Waals surface area contributed by atoms with E-state index in [0.717, 1.165) is 17.1 Å². The van der Waals surface area contributed by atoms with Crippen LogP contribution in [-0.2, 0) is 9.59 Å². The molecule has 3 amide bonds. The lowest BCUT2D eigenvalue weighted by Crippen LogP contribution is -2.45. The van der Waals surface area contributed by atoms with E-state index in [1.54, 1.807) is 12.1 Å². The van der Waals surface area contributed by atoms with Crippen molar-refractivity contribution in [2.24, 2.45) is 5.41 Å². The zero-order valence-electron chi connectivity index (χ0n) is 22.2. The molecule has 0 spiro atoms. The van der Waals surface area contributed by atoms with Crippen LogP contribution in [0.2, 0.25) is 0 Å². The molecule has 38 heavy (non-hydrogen) atoms. The Hall–Kier alpha value is -3.69. The van der Waals surface area contributed by atoms with Crippen molar-refractivity contribution in [3.63, 3.8) is 0 Å². The molecule has 10 heteroatoms. The van der Waals surface area contributed by atoms with Crippen LogP contribution in [0, 0.1) is 5.41 Å². The molecule has 2 aliphatic heterocycles. The standard InChI is InChI=1S/C28H35F2N5O3/c1-18-22(25(37)34-15-10-28(29,30)11-16-34)17-20-9-14-35(23(20)33-18)21-7-5-19(6-8-21)24(36)31-12-13-32-26(38)27(2,3)4/h5-9,14,17-18,33H,10-13,15-16H2,1-4H3,(H,31,36)(H,32,38). The first-order valence-corrected chi connectivity index (χ1v) is 12.9. The Morgan fingerprint density at radius 3 is 2.29 bits per heavy atom. The van der Waals surface area contributed by atoms with Crippen LogP contribution in [0.1, 0.15) is 56.5 Å². The van der Waals surface area contributed by atoms with E-state index < -0.39 is 11.3 Å². The van der Waals surface area contributed by atoms with Crippen LogP contribution >= 0.6 is 0 Å². The molecular weight excluding hydrogens is 492 g/mol. The van der Waals surface area contributed by atoms with Gasteiger partial charge in [-0.25, -0.2) is 8.78 Å². The Morgan fingerprint density at radius 1 is 1.03 bits per heavy atom. The number of benzene rings is 1. The molecule has 0 bridgehead atoms. The summed E-state index contributed by atoms with van der Waals surface area (Å²) in [5.74, 6) is -2.41. The third-order valence-corrected chi connectivity index (χ3v) is 6.86. The number of alkyl halides is 2. The summed E-state index contributed by atoms with van der Waals surface area (Å²) in [4.78, 5) is 39.0. The van der Waals surface area contributed by atoms with Gasteiger partial charge < -0.3 is 25.4 Å². The van der Waals surface area contributed by atoms with E-state index in [2.05, 4.69) is 16.0 Å². The maximum Gasteiger partial charge on any atom is 0.251 e. The minimum absolute atomic E-state index is 0.0508. The molecule has 204 valence electrons. The number of nitrogens with one attached hydrogen (secondary N) is 3. The van der Waals surface area contributed by atoms with E-state index >= 15 is 0 Å². The lowest BCUT2D eigenvalue weighted by molar-refractivity contribution is -0.133. The Morgan fingerprint density at radius 2 is 1.66 bits per heavy atom. The predicted molar refractivity (Wildman–Crippen MR) is 142 cm³/mol. The molecule has 1 atom stereocenters. The number of halogens is 2. The highest BCUT2D eigenvalue weighted by Crippen LogP contribution is 2.33. The zero-order chi connectivity index (χ0) is 27.7. The molecule has 8 nitrogen and oxygen atoms in total. The monoisotopic (exact) mass is 527 g/mol. The summed E-state index contributed by atoms with van der Waals surface area (Å²) in [6.45, 7) is 8.14. The van der Waals surface area contributed by atoms with Gasteiger partial charge in [0.2, 0.25) is 5.91 Å². The molecule has 1 saturated heterocycles. The number of fused-ring (bicyclic) bond motifs is 1. The van der Waals surface area contributed by atoms with Gasteiger partial charge in [-0.1, -0.05) is 20.8 Å². The number of hydrogen-bond donors (Lipinski definition) is 3. The molecule has 0 saturated carbocycles. The Kier molecular flexibility index (Phi) is 7.62. The number of piperidine rings is 1. The number of amides is 3. The fourth-order valence-corrected chi connectivity index (χ4v) is 4.47. The highest BCUT2D eigenvalue weighted by molar-refractivity contribution is 6.01. The van der Waals surface area contributed by atoms with Crippen LogP contribution in [0.25, 0.3) is 11.8 Å². The second-order valence-electron chi connectivity index (χ2n) is 10.9. The third-order valence-electron chi connectivity index (χ3n) is 6.86. The minimum atomic E-state index is -2.70. The SMILES string of the molecule is CC1Nc2c(ccn2-c2ccc(C(=O)NCCNC(=O)C(C)(C)C)cc2)C=C1C(=O)N1CCC(F)(F)CC1. The van der Waals surface area contributed by atoms with Crippen LogP contribution in [-0.4, -0.2) is 65.3 Å². The number of hydrogen-bond acceptors (Lipinski definition) is 4. The van der Waals surface area contributed by atoms with E-state index in [9.17, 15) is 23.2 Å². The molecule has 1 aromatic carbocycles. The van der Waals surface area contributed by atoms with Crippen molar-refractivity contribution in [3.8, 4) is 5.69 Å². The Balaban J connectivity index is 1.39. The maximum atomic E-state index is 13.5. The van der Waals surface area contributed by atoms with Crippen molar-refractivity contribution in [2.75, 3.05) is 31.5 Å². The topological polar surface area (TPSA) is 95.5 Å². The van der Waals surface area contributed by atoms with Crippen molar-refractivity contribution < 1.29 is 23.2 Å². The summed E-state index contributed by atoms with van der Waals surface area (Å²) < 4.78 is 29.0. The van der Waals surface area contributed by atoms with Crippen molar-refractivity contribution >= 4 is 29.6 Å². The fourth-order valence-electron chi connectivity index (χ4n) is 4.47. The van der Waals surface area contributed by atoms with Crippen LogP contribution < -0.4 is 16.0 Å². The second-order valence-corrected chi connectivity index (χ2v) is 10.9. The van der Waals surface area contributed by atoms with Gasteiger partial charge >= 0.3 is 0 Å². The Labute approximate surface area is 221 Å². The van der Waals surface area contributed by atoms with E-state index in [1.807, 2.05) is 62.7 Å². The van der Waals surface area contributed by atoms with Gasteiger partial charge in [-0.15, -0.1) is 0 Å². The van der Waals surface area contributed by atoms with E-state index in [1.165, 1.54) is 4.90 Å². The number of carbonyl (C=O) groups is 3. The van der Waals surface area contributed by atoms with Gasteiger partial charge in [0.1, 0.15) is 5.82 Å². The van der Waals surface area contributed by atoms with E-state index in [4.69, 9.17) is 0 Å². The summed E-state index contributed by atoms with van der Waals surface area (Å²) in [6, 6.07) is 8.72. The number of carbonyl (C=O) groups excluding carboxylic acids is 3. The van der Waals surface area contributed by atoms with E-state index in [0.29, 0.717) is 24.2 Å². The zero-order valence-corrected chi connectivity index (χ0v) is 22.2. The first kappa shape index (κ1) is 27.3. The summed E-state index contributed by atoms with van der Waals surface area (Å²) >= 11 is 0. The molecule has 1 unspecified atom stereocenters. The average molecular weight is 528 g/mol. The quantitative estimate of drug-likeness (QED) is 0.498. The number of aromatic nitrogens is 1. The van der Waals surface area contributed by atoms with E-state index in [-0.39, 0.29) is 49.7 Å². The van der Waals surface area contributed by atoms with Crippen LogP contribution in [0.5, 0.6) is 0 Å². The number of likely N-dealkylation sites (tertiary alicyclic amines) is 1. The van der Waals surface area contributed by atoms with Gasteiger partial charge in [0.25, 0.3) is 17.7 Å². The molecule has 2 aliphatic rings. The van der Waals surface area contributed by atoms with Crippen molar-refractivity contribution in [2.45, 2.75) is 52.5 Å². The smallest absolute Gasteiger partial charge is 0.251 e. The third kappa shape index (κ3) is 6.06. The van der Waals surface area contributed by atoms with Gasteiger partial charge in [-0.3, -0.25) is 14.4 Å². The summed E-state index contributed by atoms with van der Waals surface area (Å²) in [5.41, 5.74) is 2.23. The largest absolute Gasteiger partial charge is 0.364 e. The lowest BCUT2D eigenvalue weighted by Gasteiger charge is -2.34. The highest BCUT2D eigenvalue weighted by Gasteiger charge is 2.37. The summed E-state index contributed by atoms with van der Waals surface area (Å²) in [6.07, 6.45) is 3.08. The molecule has 1 fully saturated rings. The minimum Gasteiger partial charge on any atom is -0.364 e. The molecule has 3 heterocycles. The van der Waals surface area contributed by atoms with Gasteiger partial charge in [0.05, 0.1) is 6.04 Å². The Bertz CT molecular complexity index is 1230.